The van der Waals surface area contributed by atoms with Crippen LogP contribution in [0.1, 0.15) is 107 Å². The van der Waals surface area contributed by atoms with E-state index in [1.807, 2.05) is 6.92 Å². The summed E-state index contributed by atoms with van der Waals surface area (Å²) >= 11 is 0. The number of rotatable bonds is 14. The first kappa shape index (κ1) is 53.3. The normalized spacial score (nSPS) is 39.1. The minimum Gasteiger partial charge on any atom is -0.467 e. The third-order valence-corrected chi connectivity index (χ3v) is 15.1. The summed E-state index contributed by atoms with van der Waals surface area (Å²) in [6.07, 6.45) is -12.0. The zero-order valence-corrected chi connectivity index (χ0v) is 40.6. The van der Waals surface area contributed by atoms with E-state index < -0.39 is 139 Å². The van der Waals surface area contributed by atoms with E-state index in [1.165, 1.54) is 0 Å². The maximum absolute atomic E-state index is 14.7. The Hall–Kier alpha value is -5.06. The highest BCUT2D eigenvalue weighted by molar-refractivity contribution is 5.88. The van der Waals surface area contributed by atoms with Crippen LogP contribution in [0.5, 0.6) is 0 Å². The quantitative estimate of drug-likeness (QED) is 0.137. The number of hydrogen-bond acceptors (Lipinski definition) is 22. The van der Waals surface area contributed by atoms with Gasteiger partial charge in [-0.05, 0) is 73.5 Å². The Bertz CT molecular complexity index is 2040. The number of methoxy groups -OCH3 is 2. The zero-order valence-electron chi connectivity index (χ0n) is 40.6. The fourth-order valence-corrected chi connectivity index (χ4v) is 12.5. The van der Waals surface area contributed by atoms with Crippen molar-refractivity contribution < 1.29 is 105 Å². The van der Waals surface area contributed by atoms with E-state index in [9.17, 15) is 47.9 Å². The lowest BCUT2D eigenvalue weighted by molar-refractivity contribution is -0.314. The van der Waals surface area contributed by atoms with Gasteiger partial charge < -0.3 is 56.8 Å². The van der Waals surface area contributed by atoms with Crippen LogP contribution in [0, 0.1) is 40.4 Å². The van der Waals surface area contributed by atoms with Crippen molar-refractivity contribution in [1.29, 1.82) is 0 Å². The van der Waals surface area contributed by atoms with Crippen molar-refractivity contribution in [3.8, 4) is 0 Å². The van der Waals surface area contributed by atoms with Crippen molar-refractivity contribution in [3.05, 3.63) is 0 Å². The van der Waals surface area contributed by atoms with Crippen molar-refractivity contribution in [2.45, 2.75) is 174 Å². The van der Waals surface area contributed by atoms with Crippen LogP contribution in [0.3, 0.4) is 0 Å². The number of Topliss-reactive ketones (excluding diaryl/α,β-unsaturated/α-hetero) is 2. The van der Waals surface area contributed by atoms with Gasteiger partial charge in [-0.25, -0.2) is 9.59 Å². The summed E-state index contributed by atoms with van der Waals surface area (Å²) in [6.45, 7) is 10.0. The Labute approximate surface area is 398 Å². The highest BCUT2D eigenvalue weighted by atomic mass is 16.8. The Morgan fingerprint density at radius 1 is 0.565 bits per heavy atom. The van der Waals surface area contributed by atoms with Crippen molar-refractivity contribution in [1.82, 2.24) is 0 Å². The summed E-state index contributed by atoms with van der Waals surface area (Å²) in [5, 5.41) is 0. The first-order valence-corrected chi connectivity index (χ1v) is 23.3. The van der Waals surface area contributed by atoms with Gasteiger partial charge in [0.2, 0.25) is 0 Å². The fourth-order valence-electron chi connectivity index (χ4n) is 12.5. The maximum Gasteiger partial charge on any atom is 0.339 e. The lowest BCUT2D eigenvalue weighted by Gasteiger charge is -2.60. The molecule has 69 heavy (non-hydrogen) atoms. The van der Waals surface area contributed by atoms with E-state index in [1.54, 1.807) is 0 Å². The largest absolute Gasteiger partial charge is 0.467 e. The van der Waals surface area contributed by atoms with Crippen LogP contribution in [0.2, 0.25) is 0 Å². The first-order chi connectivity index (χ1) is 32.4. The standard InChI is InChI=1S/C47H64O22/c1-20(48)61-34-36(63-22(3)50)40(65-24(5)52)44(68-38(34)42(56)58-9)60-19-32(55)30-14-13-29-28-12-11-26-17-27(15-16-46(26,7)33(28)31(54)18-47(29,30)8)67-45-41(66-25(6)53)37(64-23(4)51)35(62-21(2)49)39(69-45)43(57)59-10/h26-30,33-41,44-45H,11-19H2,1-10H3/t26-,27-,28-,29+,30-,33-,34-,35+,36-,37+,38-,39+,40+,41-,44+,45-,46-,47-/m1/s1. The molecule has 6 fully saturated rings. The Kier molecular flexibility index (Phi) is 16.6. The highest BCUT2D eigenvalue weighted by Crippen LogP contribution is 2.66. The molecule has 0 radical (unpaired) electrons. The van der Waals surface area contributed by atoms with Gasteiger partial charge in [-0.15, -0.1) is 0 Å². The number of carbonyl (C=O) groups excluding carboxylic acids is 10. The van der Waals surface area contributed by atoms with Gasteiger partial charge in [-0.2, -0.15) is 0 Å². The van der Waals surface area contributed by atoms with Crippen molar-refractivity contribution in [2.24, 2.45) is 40.4 Å². The van der Waals surface area contributed by atoms with E-state index in [0.29, 0.717) is 38.5 Å². The molecule has 0 unspecified atom stereocenters. The van der Waals surface area contributed by atoms with E-state index in [-0.39, 0.29) is 41.7 Å². The van der Waals surface area contributed by atoms with Gasteiger partial charge in [-0.1, -0.05) is 13.8 Å². The van der Waals surface area contributed by atoms with Crippen LogP contribution >= 0.6 is 0 Å². The lowest BCUT2D eigenvalue weighted by Crippen LogP contribution is -2.64. The second-order valence-corrected chi connectivity index (χ2v) is 19.5. The van der Waals surface area contributed by atoms with E-state index in [2.05, 4.69) is 6.92 Å². The van der Waals surface area contributed by atoms with Gasteiger partial charge in [0, 0.05) is 59.8 Å². The van der Waals surface area contributed by atoms with Crippen LogP contribution in [0.25, 0.3) is 0 Å². The summed E-state index contributed by atoms with van der Waals surface area (Å²) in [5.74, 6) is -8.24. The molecule has 2 heterocycles. The number of esters is 8. The maximum atomic E-state index is 14.7. The summed E-state index contributed by atoms with van der Waals surface area (Å²) in [5.41, 5.74) is -1.18. The number of fused-ring (bicyclic) bond motifs is 5. The smallest absolute Gasteiger partial charge is 0.339 e. The van der Waals surface area contributed by atoms with Crippen LogP contribution in [-0.4, -0.2) is 148 Å². The summed E-state index contributed by atoms with van der Waals surface area (Å²) < 4.78 is 66.8. The fraction of sp³-hybridized carbons (Fsp3) is 0.787. The molecule has 0 bridgehead atoms. The Balaban J connectivity index is 1.16. The van der Waals surface area contributed by atoms with Gasteiger partial charge in [0.15, 0.2) is 67.2 Å². The summed E-state index contributed by atoms with van der Waals surface area (Å²) in [7, 11) is 2.16. The summed E-state index contributed by atoms with van der Waals surface area (Å²) in [6, 6.07) is 0. The minimum atomic E-state index is -1.70. The van der Waals surface area contributed by atoms with E-state index in [0.717, 1.165) is 62.2 Å². The van der Waals surface area contributed by atoms with Crippen LogP contribution in [0.4, 0.5) is 0 Å². The average molecular weight is 981 g/mol. The molecule has 0 amide bonds. The molecule has 18 atom stereocenters. The van der Waals surface area contributed by atoms with Gasteiger partial charge in [-0.3, -0.25) is 38.4 Å². The first-order valence-electron chi connectivity index (χ1n) is 23.3. The minimum absolute atomic E-state index is 0.000853. The second-order valence-electron chi connectivity index (χ2n) is 19.5. The third kappa shape index (κ3) is 11.1. The van der Waals surface area contributed by atoms with Crippen molar-refractivity contribution in [3.63, 3.8) is 0 Å². The highest BCUT2D eigenvalue weighted by Gasteiger charge is 2.65. The van der Waals surface area contributed by atoms with Gasteiger partial charge >= 0.3 is 47.8 Å². The predicted molar refractivity (Wildman–Crippen MR) is 226 cm³/mol. The van der Waals surface area contributed by atoms with Crippen LogP contribution in [-0.2, 0) is 105 Å². The number of hydrogen-bond donors (Lipinski definition) is 0. The lowest BCUT2D eigenvalue weighted by atomic mass is 9.44. The van der Waals surface area contributed by atoms with Crippen LogP contribution in [0.15, 0.2) is 0 Å². The Morgan fingerprint density at radius 2 is 1.03 bits per heavy atom. The summed E-state index contributed by atoms with van der Waals surface area (Å²) in [4.78, 5) is 128. The molecule has 22 heteroatoms. The molecule has 0 aromatic rings. The third-order valence-electron chi connectivity index (χ3n) is 15.1. The molecular formula is C47H64O22. The molecular weight excluding hydrogens is 916 g/mol. The van der Waals surface area contributed by atoms with Gasteiger partial charge in [0.25, 0.3) is 0 Å². The van der Waals surface area contributed by atoms with E-state index in [4.69, 9.17) is 56.8 Å². The van der Waals surface area contributed by atoms with Crippen molar-refractivity contribution >= 4 is 59.3 Å². The number of carbonyl (C=O) groups is 10. The molecule has 0 aromatic heterocycles. The Morgan fingerprint density at radius 3 is 1.52 bits per heavy atom. The molecule has 0 aromatic carbocycles. The predicted octanol–water partition coefficient (Wildman–Crippen LogP) is 2.18. The van der Waals surface area contributed by atoms with Crippen LogP contribution < -0.4 is 0 Å². The molecule has 4 saturated carbocycles. The number of ether oxygens (including phenoxy) is 12. The molecule has 4 aliphatic carbocycles. The second kappa shape index (κ2) is 21.5. The number of ketones is 2. The molecule has 0 spiro atoms. The zero-order chi connectivity index (χ0) is 50.9. The molecule has 0 N–H and O–H groups in total. The molecule has 6 aliphatic rings. The molecule has 2 aliphatic heterocycles. The SMILES string of the molecule is COC(=O)[C@H]1O[C@@H](O[C@@H]2CC[C@]3(C)[C@H](CC[C@@H]4[C@@H]5CC[C@H](C(=O)CO[C@H]6O[C@@H](C(=O)OC)[C@H](OC(C)=O)[C@@H](OC(C)=O)[C@@H]6OC(C)=O)[C@]5(C)CC(=O)[C@@H]43)C2)[C@H](OC(C)=O)[C@@H](OC(C)=O)[C@@H]1OC(C)=O. The monoisotopic (exact) mass is 980 g/mol. The van der Waals surface area contributed by atoms with E-state index >= 15 is 0 Å². The molecule has 2 saturated heterocycles. The van der Waals surface area contributed by atoms with Gasteiger partial charge in [0.05, 0.1) is 20.3 Å². The van der Waals surface area contributed by atoms with Crippen molar-refractivity contribution in [2.75, 3.05) is 20.8 Å². The molecule has 384 valence electrons. The van der Waals surface area contributed by atoms with Gasteiger partial charge in [0.1, 0.15) is 12.4 Å². The topological polar surface area (TPSA) is 281 Å². The molecule has 22 nitrogen and oxygen atoms in total. The molecule has 6 rings (SSSR count). The average Bonchev–Trinajstić information content (AvgIpc) is 3.61.